The maximum atomic E-state index is 12.5. The quantitative estimate of drug-likeness (QED) is 0.711. The Bertz CT molecular complexity index is 862. The van der Waals surface area contributed by atoms with Crippen LogP contribution < -0.4 is 5.43 Å². The highest BCUT2D eigenvalue weighted by atomic mass is 16.3. The molecule has 0 spiro atoms. The topological polar surface area (TPSA) is 70.7 Å². The van der Waals surface area contributed by atoms with Gasteiger partial charge in [0.15, 0.2) is 0 Å². The molecule has 0 bridgehead atoms. The molecule has 0 saturated heterocycles. The molecule has 4 nitrogen and oxygen atoms in total. The summed E-state index contributed by atoms with van der Waals surface area (Å²) in [7, 11) is 0. The summed E-state index contributed by atoms with van der Waals surface area (Å²) in [5, 5.41) is 20.0. The van der Waals surface area contributed by atoms with Crippen molar-refractivity contribution in [3.8, 4) is 22.6 Å². The van der Waals surface area contributed by atoms with Crippen LogP contribution in [0.15, 0.2) is 51.9 Å². The van der Waals surface area contributed by atoms with Crippen LogP contribution in [-0.4, -0.2) is 10.2 Å². The van der Waals surface area contributed by atoms with Gasteiger partial charge in [0.05, 0.1) is 5.56 Å². The standard InChI is InChI=1S/C16H12O4/c1-9-6-7-13-14(15(9)18)16(19)11(8-20-13)10-4-2-3-5-12(10)17/h2-8,17-18H,1H3. The molecule has 0 aliphatic heterocycles. The summed E-state index contributed by atoms with van der Waals surface area (Å²) < 4.78 is 5.40. The molecule has 1 heterocycles. The number of para-hydroxylation sites is 1. The predicted molar refractivity (Wildman–Crippen MR) is 76.0 cm³/mol. The molecule has 0 unspecified atom stereocenters. The van der Waals surface area contributed by atoms with Crippen molar-refractivity contribution in [3.05, 3.63) is 58.4 Å². The lowest BCUT2D eigenvalue weighted by Gasteiger charge is -2.07. The van der Waals surface area contributed by atoms with E-state index < -0.39 is 0 Å². The zero-order valence-corrected chi connectivity index (χ0v) is 10.8. The lowest BCUT2D eigenvalue weighted by molar-refractivity contribution is 0.474. The van der Waals surface area contributed by atoms with Gasteiger partial charge in [0.25, 0.3) is 0 Å². The molecule has 100 valence electrons. The van der Waals surface area contributed by atoms with Crippen molar-refractivity contribution in [1.29, 1.82) is 0 Å². The molecule has 2 N–H and O–H groups in total. The zero-order chi connectivity index (χ0) is 14.3. The highest BCUT2D eigenvalue weighted by Crippen LogP contribution is 2.31. The molecule has 3 rings (SSSR count). The van der Waals surface area contributed by atoms with E-state index in [-0.39, 0.29) is 27.9 Å². The summed E-state index contributed by atoms with van der Waals surface area (Å²) in [4.78, 5) is 12.5. The van der Waals surface area contributed by atoms with Crippen LogP contribution in [0.4, 0.5) is 0 Å². The fourth-order valence-electron chi connectivity index (χ4n) is 2.19. The predicted octanol–water partition coefficient (Wildman–Crippen LogP) is 3.18. The summed E-state index contributed by atoms with van der Waals surface area (Å²) >= 11 is 0. The second-order valence-corrected chi connectivity index (χ2v) is 4.60. The first kappa shape index (κ1) is 12.3. The van der Waals surface area contributed by atoms with Gasteiger partial charge in [-0.25, -0.2) is 0 Å². The average Bonchev–Trinajstić information content (AvgIpc) is 2.44. The third-order valence-corrected chi connectivity index (χ3v) is 3.31. The van der Waals surface area contributed by atoms with E-state index in [2.05, 4.69) is 0 Å². The average molecular weight is 268 g/mol. The molecule has 0 aliphatic carbocycles. The number of phenols is 2. The maximum Gasteiger partial charge on any atom is 0.204 e. The van der Waals surface area contributed by atoms with Crippen molar-refractivity contribution in [1.82, 2.24) is 0 Å². The first-order valence-electron chi connectivity index (χ1n) is 6.12. The van der Waals surface area contributed by atoms with Crippen molar-refractivity contribution >= 4 is 11.0 Å². The van der Waals surface area contributed by atoms with Crippen molar-refractivity contribution in [2.75, 3.05) is 0 Å². The molecule has 0 saturated carbocycles. The minimum absolute atomic E-state index is 0.00806. The van der Waals surface area contributed by atoms with Crippen LogP contribution >= 0.6 is 0 Å². The van der Waals surface area contributed by atoms with Gasteiger partial charge < -0.3 is 14.6 Å². The fourth-order valence-corrected chi connectivity index (χ4v) is 2.19. The number of phenolic OH excluding ortho intramolecular Hbond substituents is 2. The molecule has 0 aliphatic rings. The van der Waals surface area contributed by atoms with E-state index in [1.54, 1.807) is 37.3 Å². The monoisotopic (exact) mass is 268 g/mol. The Balaban J connectivity index is 2.41. The van der Waals surface area contributed by atoms with Crippen LogP contribution in [0.25, 0.3) is 22.1 Å². The lowest BCUT2D eigenvalue weighted by atomic mass is 10.0. The third-order valence-electron chi connectivity index (χ3n) is 3.31. The summed E-state index contributed by atoms with van der Waals surface area (Å²) in [6, 6.07) is 9.83. The van der Waals surface area contributed by atoms with Crippen LogP contribution in [-0.2, 0) is 0 Å². The number of aryl methyl sites for hydroxylation is 1. The van der Waals surface area contributed by atoms with Gasteiger partial charge >= 0.3 is 0 Å². The third kappa shape index (κ3) is 1.73. The molecular formula is C16H12O4. The Morgan fingerprint density at radius 3 is 2.50 bits per heavy atom. The van der Waals surface area contributed by atoms with Gasteiger partial charge in [-0.3, -0.25) is 4.79 Å². The Labute approximate surface area is 114 Å². The van der Waals surface area contributed by atoms with E-state index in [4.69, 9.17) is 4.42 Å². The van der Waals surface area contributed by atoms with Gasteiger partial charge in [0, 0.05) is 5.56 Å². The first-order valence-corrected chi connectivity index (χ1v) is 6.12. The number of hydrogen-bond donors (Lipinski definition) is 2. The van der Waals surface area contributed by atoms with Crippen LogP contribution in [0.1, 0.15) is 5.56 Å². The minimum Gasteiger partial charge on any atom is -0.507 e. The molecular weight excluding hydrogens is 256 g/mol. The molecule has 0 radical (unpaired) electrons. The molecule has 3 aromatic rings. The smallest absolute Gasteiger partial charge is 0.204 e. The van der Waals surface area contributed by atoms with E-state index in [0.29, 0.717) is 16.7 Å². The molecule has 4 heteroatoms. The Morgan fingerprint density at radius 2 is 1.75 bits per heavy atom. The summed E-state index contributed by atoms with van der Waals surface area (Å²) in [5.41, 5.74) is 1.14. The van der Waals surface area contributed by atoms with Crippen molar-refractivity contribution in [2.45, 2.75) is 6.92 Å². The Morgan fingerprint density at radius 1 is 1.00 bits per heavy atom. The number of benzene rings is 2. The fraction of sp³-hybridized carbons (Fsp3) is 0.0625. The number of aromatic hydroxyl groups is 2. The van der Waals surface area contributed by atoms with Crippen LogP contribution in [0.3, 0.4) is 0 Å². The van der Waals surface area contributed by atoms with Crippen LogP contribution in [0.5, 0.6) is 11.5 Å². The van der Waals surface area contributed by atoms with E-state index in [0.717, 1.165) is 0 Å². The molecule has 1 aromatic heterocycles. The second-order valence-electron chi connectivity index (χ2n) is 4.60. The first-order chi connectivity index (χ1) is 9.59. The minimum atomic E-state index is -0.367. The maximum absolute atomic E-state index is 12.5. The van der Waals surface area contributed by atoms with Gasteiger partial charge in [0.2, 0.25) is 5.43 Å². The van der Waals surface area contributed by atoms with E-state index in [1.807, 2.05) is 0 Å². The summed E-state index contributed by atoms with van der Waals surface area (Å²) in [6.07, 6.45) is 1.30. The van der Waals surface area contributed by atoms with Gasteiger partial charge in [-0.2, -0.15) is 0 Å². The van der Waals surface area contributed by atoms with Crippen LogP contribution in [0.2, 0.25) is 0 Å². The zero-order valence-electron chi connectivity index (χ0n) is 10.8. The van der Waals surface area contributed by atoms with Crippen molar-refractivity contribution in [2.24, 2.45) is 0 Å². The van der Waals surface area contributed by atoms with Gasteiger partial charge in [-0.05, 0) is 24.6 Å². The molecule has 2 aromatic carbocycles. The normalized spacial score (nSPS) is 10.8. The van der Waals surface area contributed by atoms with Crippen LogP contribution in [0, 0.1) is 6.92 Å². The highest BCUT2D eigenvalue weighted by Gasteiger charge is 2.15. The van der Waals surface area contributed by atoms with Crippen molar-refractivity contribution < 1.29 is 14.6 Å². The summed E-state index contributed by atoms with van der Waals surface area (Å²) in [5.74, 6) is -0.0974. The van der Waals surface area contributed by atoms with Gasteiger partial charge in [-0.1, -0.05) is 24.3 Å². The van der Waals surface area contributed by atoms with E-state index in [1.165, 1.54) is 12.3 Å². The largest absolute Gasteiger partial charge is 0.507 e. The molecule has 0 atom stereocenters. The second kappa shape index (κ2) is 4.42. The molecule has 0 amide bonds. The molecule has 20 heavy (non-hydrogen) atoms. The number of rotatable bonds is 1. The molecule has 0 fully saturated rings. The van der Waals surface area contributed by atoms with Gasteiger partial charge in [0.1, 0.15) is 28.7 Å². The number of hydrogen-bond acceptors (Lipinski definition) is 4. The SMILES string of the molecule is Cc1ccc2occ(-c3ccccc3O)c(=O)c2c1O. The van der Waals surface area contributed by atoms with Gasteiger partial charge in [-0.15, -0.1) is 0 Å². The van der Waals surface area contributed by atoms with E-state index >= 15 is 0 Å². The Kier molecular flexibility index (Phi) is 2.71. The highest BCUT2D eigenvalue weighted by molar-refractivity contribution is 5.88. The van der Waals surface area contributed by atoms with Crippen molar-refractivity contribution in [3.63, 3.8) is 0 Å². The number of fused-ring (bicyclic) bond motifs is 1. The lowest BCUT2D eigenvalue weighted by Crippen LogP contribution is -2.05. The summed E-state index contributed by atoms with van der Waals surface area (Å²) in [6.45, 7) is 1.71. The van der Waals surface area contributed by atoms with E-state index in [9.17, 15) is 15.0 Å². The Hall–Kier alpha value is -2.75.